The minimum atomic E-state index is 0.394. The van der Waals surface area contributed by atoms with Crippen molar-refractivity contribution in [3.05, 3.63) is 57.8 Å². The monoisotopic (exact) mass is 356 g/mol. The molecule has 1 aromatic heterocycles. The number of hydrogen-bond acceptors (Lipinski definition) is 3. The first-order valence-corrected chi connectivity index (χ1v) is 9.92. The van der Waals surface area contributed by atoms with Gasteiger partial charge in [0.2, 0.25) is 0 Å². The average molecular weight is 357 g/mol. The van der Waals surface area contributed by atoms with E-state index in [1.54, 1.807) is 11.3 Å². The third-order valence-electron chi connectivity index (χ3n) is 4.84. The molecule has 1 unspecified atom stereocenters. The maximum absolute atomic E-state index is 4.39. The Morgan fingerprint density at radius 1 is 1.16 bits per heavy atom. The Kier molecular flexibility index (Phi) is 6.48. The molecule has 0 amide bonds. The molecule has 1 aliphatic heterocycles. The molecule has 2 N–H and O–H groups in total. The van der Waals surface area contributed by atoms with E-state index in [0.717, 1.165) is 19.0 Å². The quantitative estimate of drug-likeness (QED) is 0.614. The van der Waals surface area contributed by atoms with Crippen LogP contribution in [0.1, 0.15) is 34.9 Å². The number of aryl methyl sites for hydroxylation is 1. The number of benzene rings is 1. The first kappa shape index (κ1) is 18.0. The molecule has 2 aromatic rings. The molecule has 0 bridgehead atoms. The van der Waals surface area contributed by atoms with Crippen LogP contribution in [0.4, 0.5) is 0 Å². The smallest absolute Gasteiger partial charge is 0.191 e. The summed E-state index contributed by atoms with van der Waals surface area (Å²) >= 11 is 1.79. The van der Waals surface area contributed by atoms with E-state index in [4.69, 9.17) is 0 Å². The zero-order valence-corrected chi connectivity index (χ0v) is 16.0. The van der Waals surface area contributed by atoms with Crippen molar-refractivity contribution in [3.8, 4) is 0 Å². The van der Waals surface area contributed by atoms with E-state index in [-0.39, 0.29) is 0 Å². The molecular weight excluding hydrogens is 328 g/mol. The molecule has 1 fully saturated rings. The Labute approximate surface area is 155 Å². The molecule has 3 rings (SSSR count). The Morgan fingerprint density at radius 3 is 2.56 bits per heavy atom. The number of guanidine groups is 1. The summed E-state index contributed by atoms with van der Waals surface area (Å²) in [7, 11) is 1.84. The molecule has 0 spiro atoms. The van der Waals surface area contributed by atoms with E-state index in [2.05, 4.69) is 69.2 Å². The summed E-state index contributed by atoms with van der Waals surface area (Å²) in [6.07, 6.45) is 2.60. The minimum absolute atomic E-state index is 0.394. The average Bonchev–Trinajstić information content (AvgIpc) is 3.31. The second-order valence-electron chi connectivity index (χ2n) is 6.50. The molecule has 1 aliphatic rings. The number of aliphatic imine (C=N–C) groups is 1. The molecule has 1 atom stereocenters. The van der Waals surface area contributed by atoms with E-state index < -0.39 is 0 Å². The molecule has 25 heavy (non-hydrogen) atoms. The third-order valence-corrected chi connectivity index (χ3v) is 5.86. The highest BCUT2D eigenvalue weighted by Gasteiger charge is 2.23. The predicted molar refractivity (Wildman–Crippen MR) is 107 cm³/mol. The first-order chi connectivity index (χ1) is 12.3. The van der Waals surface area contributed by atoms with Gasteiger partial charge in [0, 0.05) is 18.5 Å². The van der Waals surface area contributed by atoms with Crippen LogP contribution in [0.2, 0.25) is 0 Å². The van der Waals surface area contributed by atoms with Crippen LogP contribution in [-0.4, -0.2) is 37.5 Å². The summed E-state index contributed by atoms with van der Waals surface area (Å²) in [5.74, 6) is 0.868. The lowest BCUT2D eigenvalue weighted by atomic mass is 10.1. The lowest BCUT2D eigenvalue weighted by molar-refractivity contribution is 0.245. The zero-order chi connectivity index (χ0) is 17.5. The normalized spacial score (nSPS) is 16.8. The van der Waals surface area contributed by atoms with E-state index in [9.17, 15) is 0 Å². The summed E-state index contributed by atoms with van der Waals surface area (Å²) in [6.45, 7) is 6.21. The van der Waals surface area contributed by atoms with Crippen molar-refractivity contribution in [2.45, 2.75) is 32.4 Å². The summed E-state index contributed by atoms with van der Waals surface area (Å²) in [5.41, 5.74) is 2.72. The zero-order valence-electron chi connectivity index (χ0n) is 15.2. The van der Waals surface area contributed by atoms with Crippen molar-refractivity contribution in [1.29, 1.82) is 0 Å². The van der Waals surface area contributed by atoms with E-state index in [0.29, 0.717) is 6.04 Å². The lowest BCUT2D eigenvalue weighted by Crippen LogP contribution is -2.42. The maximum Gasteiger partial charge on any atom is 0.191 e. The molecule has 1 saturated heterocycles. The van der Waals surface area contributed by atoms with Gasteiger partial charge in [0.15, 0.2) is 5.96 Å². The molecule has 0 radical (unpaired) electrons. The highest BCUT2D eigenvalue weighted by atomic mass is 32.1. The van der Waals surface area contributed by atoms with Crippen LogP contribution in [0.3, 0.4) is 0 Å². The van der Waals surface area contributed by atoms with Crippen LogP contribution < -0.4 is 10.6 Å². The molecule has 1 aromatic carbocycles. The second-order valence-corrected chi connectivity index (χ2v) is 7.50. The second kappa shape index (κ2) is 9.02. The Balaban J connectivity index is 1.60. The third kappa shape index (κ3) is 4.83. The number of nitrogens with one attached hydrogen (secondary N) is 2. The molecule has 5 heteroatoms. The summed E-state index contributed by atoms with van der Waals surface area (Å²) in [5, 5.41) is 9.11. The van der Waals surface area contributed by atoms with Crippen LogP contribution >= 0.6 is 11.3 Å². The van der Waals surface area contributed by atoms with Crippen molar-refractivity contribution in [2.75, 3.05) is 26.7 Å². The standard InChI is InChI=1S/C20H28N4S/c1-16-10-13-25-19(16)15-23-20(21-2)22-14-18(24-11-6-7-12-24)17-8-4-3-5-9-17/h3-5,8-10,13,18H,6-7,11-12,14-15H2,1-2H3,(H2,21,22,23). The largest absolute Gasteiger partial charge is 0.354 e. The van der Waals surface area contributed by atoms with Crippen LogP contribution in [0.25, 0.3) is 0 Å². The number of rotatable bonds is 6. The van der Waals surface area contributed by atoms with Crippen molar-refractivity contribution in [2.24, 2.45) is 4.99 Å². The number of hydrogen-bond donors (Lipinski definition) is 2. The predicted octanol–water partition coefficient (Wildman–Crippen LogP) is 3.56. The van der Waals surface area contributed by atoms with Crippen molar-refractivity contribution < 1.29 is 0 Å². The van der Waals surface area contributed by atoms with Gasteiger partial charge in [-0.05, 0) is 55.4 Å². The Bertz CT molecular complexity index is 674. The minimum Gasteiger partial charge on any atom is -0.354 e. The van der Waals surface area contributed by atoms with Gasteiger partial charge in [-0.15, -0.1) is 11.3 Å². The van der Waals surface area contributed by atoms with E-state index in [1.807, 2.05) is 7.05 Å². The van der Waals surface area contributed by atoms with Crippen molar-refractivity contribution >= 4 is 17.3 Å². The van der Waals surface area contributed by atoms with Gasteiger partial charge in [0.1, 0.15) is 0 Å². The Hall–Kier alpha value is -1.85. The van der Waals surface area contributed by atoms with Crippen LogP contribution in [0.15, 0.2) is 46.8 Å². The van der Waals surface area contributed by atoms with Gasteiger partial charge in [-0.1, -0.05) is 30.3 Å². The van der Waals surface area contributed by atoms with Gasteiger partial charge >= 0.3 is 0 Å². The van der Waals surface area contributed by atoms with Gasteiger partial charge in [-0.3, -0.25) is 9.89 Å². The topological polar surface area (TPSA) is 39.7 Å². The van der Waals surface area contributed by atoms with Crippen molar-refractivity contribution in [3.63, 3.8) is 0 Å². The van der Waals surface area contributed by atoms with E-state index >= 15 is 0 Å². The highest BCUT2D eigenvalue weighted by Crippen LogP contribution is 2.24. The van der Waals surface area contributed by atoms with Crippen LogP contribution in [-0.2, 0) is 6.54 Å². The maximum atomic E-state index is 4.39. The summed E-state index contributed by atoms with van der Waals surface area (Å²) < 4.78 is 0. The molecule has 0 saturated carbocycles. The van der Waals surface area contributed by atoms with Gasteiger partial charge in [0.05, 0.1) is 12.6 Å². The number of nitrogens with zero attached hydrogens (tertiary/aromatic N) is 2. The fourth-order valence-electron chi connectivity index (χ4n) is 3.35. The van der Waals surface area contributed by atoms with Gasteiger partial charge in [0.25, 0.3) is 0 Å². The number of thiophene rings is 1. The van der Waals surface area contributed by atoms with Gasteiger partial charge in [-0.25, -0.2) is 0 Å². The molecule has 2 heterocycles. The van der Waals surface area contributed by atoms with Gasteiger partial charge in [-0.2, -0.15) is 0 Å². The fourth-order valence-corrected chi connectivity index (χ4v) is 4.20. The Morgan fingerprint density at radius 2 is 1.92 bits per heavy atom. The summed E-state index contributed by atoms with van der Waals surface area (Å²) in [6, 6.07) is 13.4. The molecule has 0 aliphatic carbocycles. The number of likely N-dealkylation sites (tertiary alicyclic amines) is 1. The van der Waals surface area contributed by atoms with E-state index in [1.165, 1.54) is 41.9 Å². The fraction of sp³-hybridized carbons (Fsp3) is 0.450. The summed E-state index contributed by atoms with van der Waals surface area (Å²) in [4.78, 5) is 8.34. The first-order valence-electron chi connectivity index (χ1n) is 9.04. The lowest BCUT2D eigenvalue weighted by Gasteiger charge is -2.29. The highest BCUT2D eigenvalue weighted by molar-refractivity contribution is 7.10. The van der Waals surface area contributed by atoms with Gasteiger partial charge < -0.3 is 10.6 Å². The SMILES string of the molecule is CN=C(NCc1sccc1C)NCC(c1ccccc1)N1CCCC1. The van der Waals surface area contributed by atoms with Crippen molar-refractivity contribution in [1.82, 2.24) is 15.5 Å². The molecule has 4 nitrogen and oxygen atoms in total. The van der Waals surface area contributed by atoms with Crippen LogP contribution in [0, 0.1) is 6.92 Å². The molecule has 134 valence electrons. The van der Waals surface area contributed by atoms with Crippen LogP contribution in [0.5, 0.6) is 0 Å². The molecular formula is C20H28N4S.